The monoisotopic (exact) mass is 249 g/mol. The van der Waals surface area contributed by atoms with Gasteiger partial charge in [-0.2, -0.15) is 0 Å². The predicted octanol–water partition coefficient (Wildman–Crippen LogP) is 2.64. The van der Waals surface area contributed by atoms with Gasteiger partial charge in [-0.25, -0.2) is 0 Å². The van der Waals surface area contributed by atoms with Crippen LogP contribution in [0.15, 0.2) is 36.9 Å². The summed E-state index contributed by atoms with van der Waals surface area (Å²) in [5.41, 5.74) is 1.06. The molecule has 0 radical (unpaired) electrons. The summed E-state index contributed by atoms with van der Waals surface area (Å²) in [6.45, 7) is 0.748. The maximum Gasteiger partial charge on any atom is 0.147 e. The summed E-state index contributed by atoms with van der Waals surface area (Å²) in [5.74, 6) is 1.27. The molecule has 2 heterocycles. The van der Waals surface area contributed by atoms with Crippen LogP contribution in [-0.4, -0.2) is 17.0 Å². The van der Waals surface area contributed by atoms with E-state index in [1.807, 2.05) is 13.1 Å². The molecule has 0 unspecified atom stereocenters. The average molecular weight is 250 g/mol. The van der Waals surface area contributed by atoms with Crippen LogP contribution in [0.4, 0.5) is 0 Å². The van der Waals surface area contributed by atoms with Crippen LogP contribution in [-0.2, 0) is 6.54 Å². The Morgan fingerprint density at radius 2 is 1.82 bits per heavy atom. The maximum atomic E-state index is 5.82. The number of hydrogen-bond acceptors (Lipinski definition) is 4. The molecule has 0 aliphatic rings. The molecule has 0 saturated heterocycles. The van der Waals surface area contributed by atoms with E-state index in [0.717, 1.165) is 12.1 Å². The molecule has 0 aliphatic heterocycles. The zero-order valence-corrected chi connectivity index (χ0v) is 10.1. The molecule has 2 rings (SSSR count). The second-order valence-electron chi connectivity index (χ2n) is 3.50. The molecule has 17 heavy (non-hydrogen) atoms. The number of rotatable bonds is 4. The SMILES string of the molecule is CNCc1cncc(Oc2cncc(Cl)c2)c1. The Morgan fingerprint density at radius 3 is 2.53 bits per heavy atom. The molecule has 88 valence electrons. The second-order valence-corrected chi connectivity index (χ2v) is 3.94. The van der Waals surface area contributed by atoms with Crippen LogP contribution in [0.3, 0.4) is 0 Å². The van der Waals surface area contributed by atoms with Crippen LogP contribution in [0.2, 0.25) is 5.02 Å². The molecule has 0 bridgehead atoms. The number of pyridine rings is 2. The van der Waals surface area contributed by atoms with E-state index in [-0.39, 0.29) is 0 Å². The van der Waals surface area contributed by atoms with Gasteiger partial charge in [0, 0.05) is 25.0 Å². The van der Waals surface area contributed by atoms with Crippen molar-refractivity contribution in [1.82, 2.24) is 15.3 Å². The van der Waals surface area contributed by atoms with Gasteiger partial charge in [-0.1, -0.05) is 11.6 Å². The van der Waals surface area contributed by atoms with Crippen molar-refractivity contribution in [2.24, 2.45) is 0 Å². The number of nitrogens with one attached hydrogen (secondary N) is 1. The van der Waals surface area contributed by atoms with Gasteiger partial charge in [0.1, 0.15) is 11.5 Å². The van der Waals surface area contributed by atoms with Crippen molar-refractivity contribution >= 4 is 11.6 Å². The number of aromatic nitrogens is 2. The second kappa shape index (κ2) is 5.61. The third-order valence-corrected chi connectivity index (χ3v) is 2.27. The first-order valence-electron chi connectivity index (χ1n) is 5.15. The molecule has 0 fully saturated rings. The van der Waals surface area contributed by atoms with E-state index in [9.17, 15) is 0 Å². The standard InChI is InChI=1S/C12H12ClN3O/c1-14-4-9-2-11(7-15-5-9)17-12-3-10(13)6-16-8-12/h2-3,5-8,14H,4H2,1H3. The first-order valence-corrected chi connectivity index (χ1v) is 5.52. The van der Waals surface area contributed by atoms with Gasteiger partial charge in [-0.05, 0) is 18.7 Å². The topological polar surface area (TPSA) is 47.0 Å². The van der Waals surface area contributed by atoms with Crippen molar-refractivity contribution in [3.8, 4) is 11.5 Å². The smallest absolute Gasteiger partial charge is 0.147 e. The summed E-state index contributed by atoms with van der Waals surface area (Å²) >= 11 is 5.82. The summed E-state index contributed by atoms with van der Waals surface area (Å²) in [4.78, 5) is 8.05. The summed E-state index contributed by atoms with van der Waals surface area (Å²) in [6.07, 6.45) is 6.61. The highest BCUT2D eigenvalue weighted by atomic mass is 35.5. The average Bonchev–Trinajstić information content (AvgIpc) is 2.30. The minimum Gasteiger partial charge on any atom is -0.454 e. The van der Waals surface area contributed by atoms with Crippen LogP contribution in [0.1, 0.15) is 5.56 Å². The van der Waals surface area contributed by atoms with Crippen LogP contribution >= 0.6 is 11.6 Å². The Morgan fingerprint density at radius 1 is 1.12 bits per heavy atom. The Labute approximate surface area is 105 Å². The third-order valence-electron chi connectivity index (χ3n) is 2.07. The van der Waals surface area contributed by atoms with E-state index < -0.39 is 0 Å². The minimum absolute atomic E-state index is 0.543. The van der Waals surface area contributed by atoms with E-state index in [0.29, 0.717) is 16.5 Å². The molecule has 0 spiro atoms. The van der Waals surface area contributed by atoms with Crippen LogP contribution in [0, 0.1) is 0 Å². The van der Waals surface area contributed by atoms with Crippen LogP contribution in [0.5, 0.6) is 11.5 Å². The molecule has 2 aromatic heterocycles. The van der Waals surface area contributed by atoms with Crippen molar-refractivity contribution in [2.45, 2.75) is 6.54 Å². The van der Waals surface area contributed by atoms with E-state index in [1.165, 1.54) is 0 Å². The molecule has 1 N–H and O–H groups in total. The first-order chi connectivity index (χ1) is 8.28. The molecular formula is C12H12ClN3O. The van der Waals surface area contributed by atoms with E-state index in [1.54, 1.807) is 30.9 Å². The Balaban J connectivity index is 2.15. The number of halogens is 1. The molecule has 0 aromatic carbocycles. The molecule has 0 saturated carbocycles. The molecule has 0 amide bonds. The fourth-order valence-electron chi connectivity index (χ4n) is 1.40. The Bertz CT molecular complexity index is 505. The Kier molecular flexibility index (Phi) is 3.90. The van der Waals surface area contributed by atoms with E-state index >= 15 is 0 Å². The fourth-order valence-corrected chi connectivity index (χ4v) is 1.57. The lowest BCUT2D eigenvalue weighted by Crippen LogP contribution is -2.05. The quantitative estimate of drug-likeness (QED) is 0.905. The van der Waals surface area contributed by atoms with Gasteiger partial charge in [0.15, 0.2) is 0 Å². The highest BCUT2D eigenvalue weighted by molar-refractivity contribution is 6.30. The number of hydrogen-bond donors (Lipinski definition) is 1. The number of ether oxygens (including phenoxy) is 1. The maximum absolute atomic E-state index is 5.82. The molecule has 5 heteroatoms. The lowest BCUT2D eigenvalue weighted by molar-refractivity contribution is 0.477. The zero-order chi connectivity index (χ0) is 12.1. The third kappa shape index (κ3) is 3.41. The van der Waals surface area contributed by atoms with Gasteiger partial charge in [0.25, 0.3) is 0 Å². The van der Waals surface area contributed by atoms with Gasteiger partial charge in [-0.3, -0.25) is 9.97 Å². The van der Waals surface area contributed by atoms with Crippen molar-refractivity contribution < 1.29 is 4.74 Å². The fraction of sp³-hybridized carbons (Fsp3) is 0.167. The summed E-state index contributed by atoms with van der Waals surface area (Å²) in [7, 11) is 1.88. The zero-order valence-electron chi connectivity index (χ0n) is 9.35. The van der Waals surface area contributed by atoms with Crippen LogP contribution in [0.25, 0.3) is 0 Å². The van der Waals surface area contributed by atoms with Gasteiger partial charge >= 0.3 is 0 Å². The molecular weight excluding hydrogens is 238 g/mol. The van der Waals surface area contributed by atoms with Crippen molar-refractivity contribution in [1.29, 1.82) is 0 Å². The minimum atomic E-state index is 0.543. The van der Waals surface area contributed by atoms with Crippen LogP contribution < -0.4 is 10.1 Å². The molecule has 0 atom stereocenters. The molecule has 0 aliphatic carbocycles. The van der Waals surface area contributed by atoms with Crippen molar-refractivity contribution in [3.63, 3.8) is 0 Å². The lowest BCUT2D eigenvalue weighted by atomic mass is 10.3. The van der Waals surface area contributed by atoms with E-state index in [4.69, 9.17) is 16.3 Å². The normalized spacial score (nSPS) is 10.2. The summed E-state index contributed by atoms with van der Waals surface area (Å²) < 4.78 is 5.61. The Hall–Kier alpha value is -1.65. The first kappa shape index (κ1) is 11.8. The van der Waals surface area contributed by atoms with E-state index in [2.05, 4.69) is 15.3 Å². The van der Waals surface area contributed by atoms with Gasteiger partial charge < -0.3 is 10.1 Å². The van der Waals surface area contributed by atoms with Crippen molar-refractivity contribution in [3.05, 3.63) is 47.5 Å². The summed E-state index contributed by atoms with van der Waals surface area (Å²) in [6, 6.07) is 3.63. The highest BCUT2D eigenvalue weighted by Gasteiger charge is 2.00. The largest absolute Gasteiger partial charge is 0.454 e. The van der Waals surface area contributed by atoms with Gasteiger partial charge in [0.05, 0.1) is 17.4 Å². The van der Waals surface area contributed by atoms with Crippen molar-refractivity contribution in [2.75, 3.05) is 7.05 Å². The van der Waals surface area contributed by atoms with Gasteiger partial charge in [-0.15, -0.1) is 0 Å². The highest BCUT2D eigenvalue weighted by Crippen LogP contribution is 2.22. The molecule has 4 nitrogen and oxygen atoms in total. The van der Waals surface area contributed by atoms with Gasteiger partial charge in [0.2, 0.25) is 0 Å². The lowest BCUT2D eigenvalue weighted by Gasteiger charge is -2.06. The predicted molar refractivity (Wildman–Crippen MR) is 66.3 cm³/mol. The summed E-state index contributed by atoms with van der Waals surface area (Å²) in [5, 5.41) is 3.60. The molecule has 2 aromatic rings. The number of nitrogens with zero attached hydrogens (tertiary/aromatic N) is 2.